The summed E-state index contributed by atoms with van der Waals surface area (Å²) in [6, 6.07) is 6.06. The summed E-state index contributed by atoms with van der Waals surface area (Å²) < 4.78 is 24.6. The standard InChI is InChI=1S/C18H21N3O4S2/c1-3-27(24,25)14-7-5-4-6-12(14)17(23)20-18-15(16(19)22)11-8-9-21(2)10-13(11)26-18/h4-7H,3,8-10H2,1-2H3,(H2,19,22)(H,20,23). The Kier molecular flexibility index (Phi) is 5.36. The van der Waals surface area contributed by atoms with Crippen LogP contribution in [0.15, 0.2) is 29.2 Å². The van der Waals surface area contributed by atoms with Gasteiger partial charge >= 0.3 is 0 Å². The van der Waals surface area contributed by atoms with E-state index >= 15 is 0 Å². The maximum Gasteiger partial charge on any atom is 0.257 e. The molecule has 2 aromatic rings. The number of anilines is 1. The van der Waals surface area contributed by atoms with Crippen LogP contribution in [0.1, 0.15) is 38.1 Å². The van der Waals surface area contributed by atoms with Crippen molar-refractivity contribution >= 4 is 38.0 Å². The Balaban J connectivity index is 2.00. The number of benzene rings is 1. The molecule has 27 heavy (non-hydrogen) atoms. The fourth-order valence-electron chi connectivity index (χ4n) is 3.13. The van der Waals surface area contributed by atoms with E-state index in [1.54, 1.807) is 12.1 Å². The smallest absolute Gasteiger partial charge is 0.257 e. The molecule has 3 N–H and O–H groups in total. The number of thiophene rings is 1. The van der Waals surface area contributed by atoms with Crippen molar-refractivity contribution in [2.24, 2.45) is 5.73 Å². The van der Waals surface area contributed by atoms with E-state index in [4.69, 9.17) is 5.73 Å². The molecule has 0 saturated carbocycles. The number of amides is 2. The Morgan fingerprint density at radius 3 is 2.67 bits per heavy atom. The van der Waals surface area contributed by atoms with Gasteiger partial charge in [0.1, 0.15) is 5.00 Å². The van der Waals surface area contributed by atoms with Crippen molar-refractivity contribution < 1.29 is 18.0 Å². The van der Waals surface area contributed by atoms with Crippen LogP contribution in [-0.4, -0.2) is 44.5 Å². The topological polar surface area (TPSA) is 110 Å². The molecule has 0 spiro atoms. The van der Waals surface area contributed by atoms with Gasteiger partial charge in [0.25, 0.3) is 11.8 Å². The average Bonchev–Trinajstić information content (AvgIpc) is 2.98. The van der Waals surface area contributed by atoms with Gasteiger partial charge in [0.2, 0.25) is 0 Å². The van der Waals surface area contributed by atoms with Gasteiger partial charge in [0.15, 0.2) is 9.84 Å². The number of nitrogens with zero attached hydrogens (tertiary/aromatic N) is 1. The molecule has 3 rings (SSSR count). The van der Waals surface area contributed by atoms with Crippen LogP contribution in [-0.2, 0) is 22.8 Å². The van der Waals surface area contributed by atoms with E-state index in [2.05, 4.69) is 10.2 Å². The third-order valence-corrected chi connectivity index (χ3v) is 7.49. The highest BCUT2D eigenvalue weighted by atomic mass is 32.2. The van der Waals surface area contributed by atoms with E-state index in [-0.39, 0.29) is 16.2 Å². The zero-order valence-corrected chi connectivity index (χ0v) is 16.7. The van der Waals surface area contributed by atoms with Crippen LogP contribution < -0.4 is 11.1 Å². The van der Waals surface area contributed by atoms with E-state index in [1.165, 1.54) is 30.4 Å². The van der Waals surface area contributed by atoms with Crippen molar-refractivity contribution in [3.05, 3.63) is 45.8 Å². The van der Waals surface area contributed by atoms with Crippen molar-refractivity contribution in [2.75, 3.05) is 24.7 Å². The molecule has 2 heterocycles. The lowest BCUT2D eigenvalue weighted by atomic mass is 10.0. The zero-order chi connectivity index (χ0) is 19.8. The van der Waals surface area contributed by atoms with Crippen LogP contribution in [0, 0.1) is 0 Å². The number of hydrogen-bond donors (Lipinski definition) is 2. The van der Waals surface area contributed by atoms with E-state index in [9.17, 15) is 18.0 Å². The molecule has 0 aliphatic carbocycles. The Labute approximate surface area is 162 Å². The van der Waals surface area contributed by atoms with E-state index in [1.807, 2.05) is 7.05 Å². The van der Waals surface area contributed by atoms with Gasteiger partial charge in [-0.05, 0) is 31.2 Å². The van der Waals surface area contributed by atoms with Crippen LogP contribution in [0.2, 0.25) is 0 Å². The Morgan fingerprint density at radius 2 is 2.00 bits per heavy atom. The van der Waals surface area contributed by atoms with Crippen LogP contribution in [0.5, 0.6) is 0 Å². The summed E-state index contributed by atoms with van der Waals surface area (Å²) in [5.41, 5.74) is 6.81. The van der Waals surface area contributed by atoms with E-state index < -0.39 is 21.7 Å². The van der Waals surface area contributed by atoms with Gasteiger partial charge in [-0.15, -0.1) is 11.3 Å². The van der Waals surface area contributed by atoms with Crippen molar-refractivity contribution in [3.63, 3.8) is 0 Å². The second-order valence-electron chi connectivity index (χ2n) is 6.41. The number of sulfone groups is 1. The second kappa shape index (κ2) is 7.41. The maximum absolute atomic E-state index is 12.8. The Hall–Kier alpha value is -2.23. The molecule has 0 fully saturated rings. The number of carbonyl (C=O) groups excluding carboxylic acids is 2. The summed E-state index contributed by atoms with van der Waals surface area (Å²) in [5.74, 6) is -1.28. The zero-order valence-electron chi connectivity index (χ0n) is 15.1. The molecule has 144 valence electrons. The molecular formula is C18H21N3O4S2. The predicted molar refractivity (Wildman–Crippen MR) is 105 cm³/mol. The number of hydrogen-bond acceptors (Lipinski definition) is 6. The Bertz CT molecular complexity index is 1010. The first-order chi connectivity index (χ1) is 12.7. The van der Waals surface area contributed by atoms with Gasteiger partial charge in [0.05, 0.1) is 21.8 Å². The van der Waals surface area contributed by atoms with Crippen molar-refractivity contribution in [2.45, 2.75) is 24.8 Å². The first kappa shape index (κ1) is 19.5. The molecule has 1 aromatic heterocycles. The summed E-state index contributed by atoms with van der Waals surface area (Å²) >= 11 is 1.31. The summed E-state index contributed by atoms with van der Waals surface area (Å²) in [7, 11) is -1.58. The lowest BCUT2D eigenvalue weighted by Crippen LogP contribution is -2.27. The van der Waals surface area contributed by atoms with Gasteiger partial charge in [0, 0.05) is 18.0 Å². The minimum atomic E-state index is -3.56. The van der Waals surface area contributed by atoms with Crippen LogP contribution in [0.4, 0.5) is 5.00 Å². The molecule has 1 aliphatic rings. The van der Waals surface area contributed by atoms with Crippen molar-refractivity contribution in [3.8, 4) is 0 Å². The summed E-state index contributed by atoms with van der Waals surface area (Å²) in [5, 5.41) is 3.08. The molecule has 2 amide bonds. The molecule has 0 saturated heterocycles. The first-order valence-corrected chi connectivity index (χ1v) is 11.0. The molecule has 1 aromatic carbocycles. The van der Waals surface area contributed by atoms with Crippen LogP contribution in [0.3, 0.4) is 0 Å². The lowest BCUT2D eigenvalue weighted by molar-refractivity contribution is 0.1000. The molecule has 0 radical (unpaired) electrons. The fourth-order valence-corrected chi connectivity index (χ4v) is 5.55. The van der Waals surface area contributed by atoms with Gasteiger partial charge in [-0.3, -0.25) is 9.59 Å². The molecule has 1 aliphatic heterocycles. The second-order valence-corrected chi connectivity index (χ2v) is 9.77. The molecular weight excluding hydrogens is 386 g/mol. The molecule has 0 atom stereocenters. The normalized spacial score (nSPS) is 14.6. The molecule has 7 nitrogen and oxygen atoms in total. The largest absolute Gasteiger partial charge is 0.365 e. The minimum absolute atomic E-state index is 0.0216. The van der Waals surface area contributed by atoms with E-state index in [0.29, 0.717) is 23.5 Å². The van der Waals surface area contributed by atoms with E-state index in [0.717, 1.165) is 17.0 Å². The van der Waals surface area contributed by atoms with Crippen LogP contribution in [0.25, 0.3) is 0 Å². The number of primary amides is 1. The molecule has 0 bridgehead atoms. The summed E-state index contributed by atoms with van der Waals surface area (Å²) in [4.78, 5) is 27.9. The van der Waals surface area contributed by atoms with Crippen molar-refractivity contribution in [1.29, 1.82) is 0 Å². The number of likely N-dealkylation sites (N-methyl/N-ethyl adjacent to an activating group) is 1. The van der Waals surface area contributed by atoms with Crippen molar-refractivity contribution in [1.82, 2.24) is 4.90 Å². The highest BCUT2D eigenvalue weighted by molar-refractivity contribution is 7.91. The SMILES string of the molecule is CCS(=O)(=O)c1ccccc1C(=O)Nc1sc2c(c1C(N)=O)CCN(C)C2. The van der Waals surface area contributed by atoms with Gasteiger partial charge in [-0.1, -0.05) is 19.1 Å². The number of fused-ring (bicyclic) bond motifs is 1. The minimum Gasteiger partial charge on any atom is -0.365 e. The predicted octanol–water partition coefficient (Wildman–Crippen LogP) is 1.88. The highest BCUT2D eigenvalue weighted by Gasteiger charge is 2.28. The number of carbonyl (C=O) groups is 2. The number of nitrogens with two attached hydrogens (primary N) is 1. The third-order valence-electron chi connectivity index (χ3n) is 4.57. The maximum atomic E-state index is 12.8. The monoisotopic (exact) mass is 407 g/mol. The van der Waals surface area contributed by atoms with Gasteiger partial charge in [-0.2, -0.15) is 0 Å². The molecule has 0 unspecified atom stereocenters. The van der Waals surface area contributed by atoms with Gasteiger partial charge < -0.3 is 16.0 Å². The Morgan fingerprint density at radius 1 is 1.30 bits per heavy atom. The fraction of sp³-hybridized carbons (Fsp3) is 0.333. The highest BCUT2D eigenvalue weighted by Crippen LogP contribution is 2.37. The quantitative estimate of drug-likeness (QED) is 0.786. The average molecular weight is 408 g/mol. The summed E-state index contributed by atoms with van der Waals surface area (Å²) in [6.07, 6.45) is 0.678. The van der Waals surface area contributed by atoms with Crippen LogP contribution >= 0.6 is 11.3 Å². The summed E-state index contributed by atoms with van der Waals surface area (Å²) in [6.45, 7) is 3.00. The first-order valence-electron chi connectivity index (χ1n) is 8.50. The molecule has 9 heteroatoms. The third kappa shape index (κ3) is 3.76. The van der Waals surface area contributed by atoms with Gasteiger partial charge in [-0.25, -0.2) is 8.42 Å². The lowest BCUT2D eigenvalue weighted by Gasteiger charge is -2.22. The number of rotatable bonds is 5. The number of nitrogens with one attached hydrogen (secondary N) is 1.